The molecule has 3 N–H and O–H groups in total. The Kier molecular flexibility index (Phi) is 3.48. The van der Waals surface area contributed by atoms with Crippen LogP contribution in [-0.2, 0) is 19.6 Å². The van der Waals surface area contributed by atoms with Crippen LogP contribution in [0.1, 0.15) is 6.92 Å². The number of hydrogen-bond donors (Lipinski definition) is 2. The summed E-state index contributed by atoms with van der Waals surface area (Å²) in [7, 11) is -4.16. The van der Waals surface area contributed by atoms with Gasteiger partial charge in [0.1, 0.15) is 16.8 Å². The Labute approximate surface area is 114 Å². The lowest BCUT2D eigenvalue weighted by Crippen LogP contribution is -2.58. The zero-order chi connectivity index (χ0) is 15.1. The molecule has 7 nitrogen and oxygen atoms in total. The van der Waals surface area contributed by atoms with Gasteiger partial charge in [-0.05, 0) is 25.1 Å². The fourth-order valence-electron chi connectivity index (χ4n) is 1.86. The molecule has 1 aromatic rings. The second-order valence-electron chi connectivity index (χ2n) is 4.32. The monoisotopic (exact) mass is 301 g/mol. The van der Waals surface area contributed by atoms with Gasteiger partial charge in [0.25, 0.3) is 0 Å². The first-order valence-electron chi connectivity index (χ1n) is 5.64. The predicted octanol–water partition coefficient (Wildman–Crippen LogP) is -0.557. The van der Waals surface area contributed by atoms with Crippen molar-refractivity contribution in [2.75, 3.05) is 12.3 Å². The number of nitrogens with two attached hydrogens (primary N) is 1. The van der Waals surface area contributed by atoms with Crippen LogP contribution in [0.2, 0.25) is 0 Å². The summed E-state index contributed by atoms with van der Waals surface area (Å²) in [5, 5.41) is 2.03. The molecule has 1 unspecified atom stereocenters. The molecule has 1 atom stereocenters. The van der Waals surface area contributed by atoms with Crippen LogP contribution in [0, 0.1) is 5.82 Å². The van der Waals surface area contributed by atoms with Crippen LogP contribution in [0.5, 0.6) is 0 Å². The van der Waals surface area contributed by atoms with E-state index in [0.29, 0.717) is 0 Å². The Balaban J connectivity index is 2.48. The van der Waals surface area contributed by atoms with Crippen LogP contribution < -0.4 is 11.1 Å². The lowest BCUT2D eigenvalue weighted by molar-refractivity contribution is -0.136. The van der Waals surface area contributed by atoms with Crippen LogP contribution >= 0.6 is 0 Å². The van der Waals surface area contributed by atoms with Gasteiger partial charge in [-0.2, -0.15) is 4.31 Å². The number of anilines is 1. The lowest BCUT2D eigenvalue weighted by Gasteiger charge is -2.30. The summed E-state index contributed by atoms with van der Waals surface area (Å²) in [6, 6.07) is 1.76. The van der Waals surface area contributed by atoms with Crippen LogP contribution in [0.25, 0.3) is 0 Å². The van der Waals surface area contributed by atoms with E-state index in [2.05, 4.69) is 0 Å². The van der Waals surface area contributed by atoms with Crippen molar-refractivity contribution in [1.29, 1.82) is 0 Å². The fraction of sp³-hybridized carbons (Fsp3) is 0.273. The number of amides is 2. The molecule has 1 fully saturated rings. The van der Waals surface area contributed by atoms with Crippen LogP contribution in [0.3, 0.4) is 0 Å². The van der Waals surface area contributed by atoms with E-state index < -0.39 is 40.2 Å². The summed E-state index contributed by atoms with van der Waals surface area (Å²) >= 11 is 0. The largest absolute Gasteiger partial charge is 0.398 e. The van der Waals surface area contributed by atoms with Gasteiger partial charge in [0, 0.05) is 0 Å². The number of hydrogen-bond acceptors (Lipinski definition) is 5. The van der Waals surface area contributed by atoms with E-state index >= 15 is 0 Å². The average molecular weight is 301 g/mol. The SMILES string of the molecule is CC1C(=O)NC(=O)CN1S(=O)(=O)c1ccc(F)cc1N. The van der Waals surface area contributed by atoms with Crippen LogP contribution in [0.15, 0.2) is 23.1 Å². The van der Waals surface area contributed by atoms with Gasteiger partial charge >= 0.3 is 0 Å². The number of benzene rings is 1. The smallest absolute Gasteiger partial charge is 0.246 e. The zero-order valence-electron chi connectivity index (χ0n) is 10.5. The Hall–Kier alpha value is -2.00. The van der Waals surface area contributed by atoms with E-state index in [1.165, 1.54) is 6.92 Å². The summed E-state index contributed by atoms with van der Waals surface area (Å²) < 4.78 is 38.5. The average Bonchev–Trinajstić information content (AvgIpc) is 2.33. The second-order valence-corrected chi connectivity index (χ2v) is 6.18. The Morgan fingerprint density at radius 2 is 2.05 bits per heavy atom. The number of nitrogens with one attached hydrogen (secondary N) is 1. The molecule has 0 aliphatic carbocycles. The summed E-state index contributed by atoms with van der Waals surface area (Å²) in [4.78, 5) is 22.5. The van der Waals surface area contributed by atoms with Crippen LogP contribution in [0.4, 0.5) is 10.1 Å². The molecule has 108 valence electrons. The molecule has 1 saturated heterocycles. The van der Waals surface area contributed by atoms with Gasteiger partial charge in [0.05, 0.1) is 12.2 Å². The molecule has 0 bridgehead atoms. The molecule has 9 heteroatoms. The number of piperazine rings is 1. The van der Waals surface area contributed by atoms with E-state index in [9.17, 15) is 22.4 Å². The molecule has 0 saturated carbocycles. The molecule has 1 aliphatic heterocycles. The van der Waals surface area contributed by atoms with Crippen LogP contribution in [-0.4, -0.2) is 37.1 Å². The minimum Gasteiger partial charge on any atom is -0.398 e. The number of rotatable bonds is 2. The third-order valence-electron chi connectivity index (χ3n) is 2.93. The minimum atomic E-state index is -4.16. The fourth-order valence-corrected chi connectivity index (χ4v) is 3.51. The standard InChI is InChI=1S/C11H12FN3O4S/c1-6-11(17)14-10(16)5-15(6)20(18,19)9-3-2-7(12)4-8(9)13/h2-4,6H,5,13H2,1H3,(H,14,16,17). The third kappa shape index (κ3) is 2.37. The van der Waals surface area contributed by atoms with E-state index in [0.717, 1.165) is 22.5 Å². The number of carbonyl (C=O) groups excluding carboxylic acids is 2. The van der Waals surface area contributed by atoms with Crippen molar-refractivity contribution in [2.45, 2.75) is 17.9 Å². The highest BCUT2D eigenvalue weighted by Crippen LogP contribution is 2.25. The first kappa shape index (κ1) is 14.4. The number of imide groups is 1. The number of carbonyl (C=O) groups is 2. The van der Waals surface area contributed by atoms with E-state index in [1.54, 1.807) is 0 Å². The van der Waals surface area contributed by atoms with Gasteiger partial charge in [-0.1, -0.05) is 0 Å². The molecular weight excluding hydrogens is 289 g/mol. The molecule has 2 rings (SSSR count). The lowest BCUT2D eigenvalue weighted by atomic mass is 10.2. The summed E-state index contributed by atoms with van der Waals surface area (Å²) in [6.07, 6.45) is 0. The summed E-state index contributed by atoms with van der Waals surface area (Å²) in [6.45, 7) is 0.852. The van der Waals surface area contributed by atoms with Gasteiger partial charge in [0.15, 0.2) is 0 Å². The van der Waals surface area contributed by atoms with Gasteiger partial charge in [-0.3, -0.25) is 14.9 Å². The van der Waals surface area contributed by atoms with Crippen molar-refractivity contribution in [3.63, 3.8) is 0 Å². The highest BCUT2D eigenvalue weighted by Gasteiger charge is 2.39. The normalized spacial score (nSPS) is 20.8. The molecule has 1 aromatic carbocycles. The highest BCUT2D eigenvalue weighted by atomic mass is 32.2. The third-order valence-corrected chi connectivity index (χ3v) is 4.92. The van der Waals surface area contributed by atoms with E-state index in [1.807, 2.05) is 5.32 Å². The topological polar surface area (TPSA) is 110 Å². The van der Waals surface area contributed by atoms with Crippen molar-refractivity contribution in [3.8, 4) is 0 Å². The molecule has 2 amide bonds. The van der Waals surface area contributed by atoms with E-state index in [4.69, 9.17) is 5.73 Å². The Morgan fingerprint density at radius 1 is 1.40 bits per heavy atom. The maximum absolute atomic E-state index is 13.0. The van der Waals surface area contributed by atoms with Crippen molar-refractivity contribution in [3.05, 3.63) is 24.0 Å². The molecule has 0 spiro atoms. The van der Waals surface area contributed by atoms with Crippen molar-refractivity contribution in [2.24, 2.45) is 0 Å². The minimum absolute atomic E-state index is 0.282. The maximum atomic E-state index is 13.0. The molecule has 1 heterocycles. The van der Waals surface area contributed by atoms with Crippen molar-refractivity contribution >= 4 is 27.5 Å². The van der Waals surface area contributed by atoms with Crippen molar-refractivity contribution in [1.82, 2.24) is 9.62 Å². The zero-order valence-corrected chi connectivity index (χ0v) is 11.3. The Bertz CT molecular complexity index is 689. The van der Waals surface area contributed by atoms with Gasteiger partial charge in [-0.25, -0.2) is 12.8 Å². The second kappa shape index (κ2) is 4.84. The Morgan fingerprint density at radius 3 is 2.65 bits per heavy atom. The first-order chi connectivity index (χ1) is 9.23. The van der Waals surface area contributed by atoms with Gasteiger partial charge in [-0.15, -0.1) is 0 Å². The number of nitrogens with zero attached hydrogens (tertiary/aromatic N) is 1. The number of nitrogen functional groups attached to an aromatic ring is 1. The predicted molar refractivity (Wildman–Crippen MR) is 67.3 cm³/mol. The van der Waals surface area contributed by atoms with E-state index in [-0.39, 0.29) is 10.6 Å². The van der Waals surface area contributed by atoms with Gasteiger partial charge in [0.2, 0.25) is 21.8 Å². The molecule has 20 heavy (non-hydrogen) atoms. The van der Waals surface area contributed by atoms with Crippen molar-refractivity contribution < 1.29 is 22.4 Å². The molecular formula is C11H12FN3O4S. The molecule has 1 aliphatic rings. The summed E-state index contributed by atoms with van der Waals surface area (Å²) in [5.41, 5.74) is 5.22. The maximum Gasteiger partial charge on any atom is 0.246 e. The number of halogens is 1. The highest BCUT2D eigenvalue weighted by molar-refractivity contribution is 7.89. The molecule has 0 aromatic heterocycles. The number of sulfonamides is 1. The molecule has 0 radical (unpaired) electrons. The quantitative estimate of drug-likeness (QED) is 0.562. The first-order valence-corrected chi connectivity index (χ1v) is 7.08. The van der Waals surface area contributed by atoms with Gasteiger partial charge < -0.3 is 5.73 Å². The summed E-state index contributed by atoms with van der Waals surface area (Å²) in [5.74, 6) is -2.12.